The average Bonchev–Trinajstić information content (AvgIpc) is 3.31. The average molecular weight is 451 g/mol. The molecular weight excluding hydrogens is 431 g/mol. The highest BCUT2D eigenvalue weighted by Crippen LogP contribution is 2.35. The number of carbonyl (C=O) groups is 1. The second-order valence-corrected chi connectivity index (χ2v) is 9.91. The Morgan fingerprint density at radius 2 is 2.21 bits per heavy atom. The lowest BCUT2D eigenvalue weighted by Crippen LogP contribution is -2.17. The van der Waals surface area contributed by atoms with E-state index < -0.39 is 0 Å². The molecule has 1 N–H and O–H groups in total. The van der Waals surface area contributed by atoms with Crippen LogP contribution in [0.25, 0.3) is 0 Å². The number of carbonyl (C=O) groups excluding carboxylic acids is 1. The van der Waals surface area contributed by atoms with Crippen molar-refractivity contribution in [3.05, 3.63) is 66.3 Å². The van der Waals surface area contributed by atoms with Crippen LogP contribution in [0, 0.1) is 5.92 Å². The minimum Gasteiger partial charge on any atom is -0.298 e. The Kier molecular flexibility index (Phi) is 6.07. The molecule has 0 fully saturated rings. The van der Waals surface area contributed by atoms with Crippen LogP contribution in [0.4, 0.5) is 5.13 Å². The molecule has 0 spiro atoms. The van der Waals surface area contributed by atoms with Crippen LogP contribution in [0.5, 0.6) is 0 Å². The summed E-state index contributed by atoms with van der Waals surface area (Å²) in [4.78, 5) is 19.6. The van der Waals surface area contributed by atoms with Crippen LogP contribution >= 0.6 is 45.9 Å². The molecule has 0 saturated heterocycles. The molecule has 1 aliphatic rings. The molecule has 1 aromatic carbocycles. The summed E-state index contributed by atoms with van der Waals surface area (Å²) in [6.45, 7) is 2.24. The van der Waals surface area contributed by atoms with E-state index in [0.717, 1.165) is 34.8 Å². The van der Waals surface area contributed by atoms with E-state index in [0.29, 0.717) is 21.6 Å². The largest absolute Gasteiger partial charge is 0.298 e. The van der Waals surface area contributed by atoms with Crippen molar-refractivity contribution in [3.63, 3.8) is 0 Å². The zero-order valence-corrected chi connectivity index (χ0v) is 18.6. The van der Waals surface area contributed by atoms with Gasteiger partial charge in [-0.15, -0.1) is 22.7 Å². The summed E-state index contributed by atoms with van der Waals surface area (Å²) >= 11 is 15.5. The third kappa shape index (κ3) is 4.13. The Morgan fingerprint density at radius 1 is 1.36 bits per heavy atom. The van der Waals surface area contributed by atoms with E-state index in [1.54, 1.807) is 23.6 Å². The minimum atomic E-state index is -0.0610. The Labute approximate surface area is 182 Å². The van der Waals surface area contributed by atoms with Crippen molar-refractivity contribution < 1.29 is 4.79 Å². The number of thiazole rings is 1. The number of hydrogen-bond donors (Lipinski definition) is 1. The summed E-state index contributed by atoms with van der Waals surface area (Å²) < 4.78 is 0. The predicted molar refractivity (Wildman–Crippen MR) is 119 cm³/mol. The normalized spacial score (nSPS) is 16.0. The van der Waals surface area contributed by atoms with Crippen molar-refractivity contribution in [2.75, 3.05) is 5.32 Å². The zero-order valence-electron chi connectivity index (χ0n) is 15.4. The van der Waals surface area contributed by atoms with Crippen molar-refractivity contribution >= 4 is 56.9 Å². The molecule has 7 heteroatoms. The van der Waals surface area contributed by atoms with E-state index in [9.17, 15) is 4.79 Å². The number of benzene rings is 1. The number of nitrogens with one attached hydrogen (secondary N) is 1. The number of rotatable bonds is 5. The Balaban J connectivity index is 1.45. The molecule has 0 aliphatic heterocycles. The molecule has 0 radical (unpaired) electrons. The highest BCUT2D eigenvalue weighted by molar-refractivity contribution is 7.15. The fourth-order valence-electron chi connectivity index (χ4n) is 3.60. The van der Waals surface area contributed by atoms with Crippen LogP contribution < -0.4 is 5.32 Å². The minimum absolute atomic E-state index is 0.0610. The van der Waals surface area contributed by atoms with Gasteiger partial charge in [0, 0.05) is 27.8 Å². The van der Waals surface area contributed by atoms with E-state index in [1.807, 2.05) is 17.5 Å². The molecule has 3 aromatic rings. The zero-order chi connectivity index (χ0) is 19.7. The van der Waals surface area contributed by atoms with E-state index in [2.05, 4.69) is 17.2 Å². The number of hydrogen-bond acceptors (Lipinski definition) is 4. The molecule has 1 aliphatic carbocycles. The number of nitrogens with zero attached hydrogens (tertiary/aromatic N) is 1. The molecule has 1 atom stereocenters. The third-order valence-electron chi connectivity index (χ3n) is 5.25. The summed E-state index contributed by atoms with van der Waals surface area (Å²) in [6.07, 6.45) is 6.90. The number of fused-ring (bicyclic) bond motifs is 1. The van der Waals surface area contributed by atoms with Crippen molar-refractivity contribution in [1.82, 2.24) is 4.98 Å². The molecular formula is C21H20Cl2N2OS2. The van der Waals surface area contributed by atoms with Crippen molar-refractivity contribution in [3.8, 4) is 0 Å². The van der Waals surface area contributed by atoms with Gasteiger partial charge in [0.05, 0.1) is 15.6 Å². The summed E-state index contributed by atoms with van der Waals surface area (Å²) in [5.74, 6) is 0.691. The second-order valence-electron chi connectivity index (χ2n) is 7.04. The summed E-state index contributed by atoms with van der Waals surface area (Å²) in [7, 11) is 0. The molecule has 1 amide bonds. The fourth-order valence-corrected chi connectivity index (χ4v) is 6.02. The van der Waals surface area contributed by atoms with E-state index in [4.69, 9.17) is 23.2 Å². The summed E-state index contributed by atoms with van der Waals surface area (Å²) in [5.41, 5.74) is 2.99. The predicted octanol–water partition coefficient (Wildman–Crippen LogP) is 6.87. The smallest absolute Gasteiger partial charge is 0.258 e. The van der Waals surface area contributed by atoms with E-state index in [1.165, 1.54) is 34.6 Å². The molecule has 28 heavy (non-hydrogen) atoms. The number of halogens is 2. The highest BCUT2D eigenvalue weighted by atomic mass is 35.5. The lowest BCUT2D eigenvalue weighted by Gasteiger charge is -2.21. The van der Waals surface area contributed by atoms with Crippen LogP contribution in [-0.4, -0.2) is 10.9 Å². The van der Waals surface area contributed by atoms with Crippen LogP contribution in [0.3, 0.4) is 0 Å². The van der Waals surface area contributed by atoms with E-state index >= 15 is 0 Å². The van der Waals surface area contributed by atoms with Gasteiger partial charge in [0.2, 0.25) is 0 Å². The number of amides is 1. The summed E-state index contributed by atoms with van der Waals surface area (Å²) in [5, 5.41) is 6.69. The maximum absolute atomic E-state index is 12.8. The van der Waals surface area contributed by atoms with Gasteiger partial charge in [-0.25, -0.2) is 4.98 Å². The molecule has 0 saturated carbocycles. The van der Waals surface area contributed by atoms with Crippen LogP contribution in [0.15, 0.2) is 29.8 Å². The monoisotopic (exact) mass is 450 g/mol. The summed E-state index contributed by atoms with van der Waals surface area (Å²) in [6, 6.07) is 5.61. The first-order valence-electron chi connectivity index (χ1n) is 9.33. The standard InChI is InChI=1S/C21H20Cl2N2OS2/c1-2-12-6-7-15-16(11-27-18(15)8-12)20(26)25-21-24-10-14(28-21)9-13-4-3-5-17(22)19(13)23/h3-5,10-12H,2,6-9H2,1H3,(H,24,25,26). The van der Waals surface area contributed by atoms with Crippen LogP contribution in [0.1, 0.15) is 51.0 Å². The number of aromatic nitrogens is 1. The Hall–Kier alpha value is -1.40. The molecule has 2 heterocycles. The molecule has 2 aromatic heterocycles. The van der Waals surface area contributed by atoms with Gasteiger partial charge in [0.25, 0.3) is 5.91 Å². The van der Waals surface area contributed by atoms with Crippen molar-refractivity contribution in [1.29, 1.82) is 0 Å². The van der Waals surface area contributed by atoms with Gasteiger partial charge in [-0.3, -0.25) is 10.1 Å². The molecule has 146 valence electrons. The first-order chi connectivity index (χ1) is 13.5. The first-order valence-corrected chi connectivity index (χ1v) is 11.8. The molecule has 0 bridgehead atoms. The topological polar surface area (TPSA) is 42.0 Å². The molecule has 3 nitrogen and oxygen atoms in total. The van der Waals surface area contributed by atoms with Crippen molar-refractivity contribution in [2.24, 2.45) is 5.92 Å². The third-order valence-corrected chi connectivity index (χ3v) is 8.07. The maximum Gasteiger partial charge on any atom is 0.258 e. The Bertz CT molecular complexity index is 1010. The quantitative estimate of drug-likeness (QED) is 0.460. The van der Waals surface area contributed by atoms with Gasteiger partial charge in [-0.2, -0.15) is 0 Å². The number of thiophene rings is 1. The van der Waals surface area contributed by atoms with Gasteiger partial charge < -0.3 is 0 Å². The Morgan fingerprint density at radius 3 is 3.04 bits per heavy atom. The lowest BCUT2D eigenvalue weighted by atomic mass is 9.86. The van der Waals surface area contributed by atoms with Gasteiger partial charge in [0.15, 0.2) is 5.13 Å². The number of anilines is 1. The fraction of sp³-hybridized carbons (Fsp3) is 0.333. The molecule has 4 rings (SSSR count). The second kappa shape index (κ2) is 8.54. The van der Waals surface area contributed by atoms with Crippen LogP contribution in [-0.2, 0) is 19.3 Å². The first kappa shape index (κ1) is 19.9. The van der Waals surface area contributed by atoms with Gasteiger partial charge in [0.1, 0.15) is 0 Å². The lowest BCUT2D eigenvalue weighted by molar-refractivity contribution is 0.102. The van der Waals surface area contributed by atoms with Crippen LogP contribution in [0.2, 0.25) is 10.0 Å². The van der Waals surface area contributed by atoms with E-state index in [-0.39, 0.29) is 5.91 Å². The van der Waals surface area contributed by atoms with Crippen molar-refractivity contribution in [2.45, 2.75) is 39.0 Å². The highest BCUT2D eigenvalue weighted by Gasteiger charge is 2.24. The van der Waals surface area contributed by atoms with Gasteiger partial charge in [-0.05, 0) is 42.4 Å². The van der Waals surface area contributed by atoms with Gasteiger partial charge in [-0.1, -0.05) is 48.7 Å². The SMILES string of the molecule is CCC1CCc2c(C(=O)Nc3ncc(Cc4cccc(Cl)c4Cl)s3)csc2C1. The maximum atomic E-state index is 12.8. The molecule has 1 unspecified atom stereocenters. The van der Waals surface area contributed by atoms with Gasteiger partial charge >= 0.3 is 0 Å².